The maximum Gasteiger partial charge on any atom is 0.124 e. The summed E-state index contributed by atoms with van der Waals surface area (Å²) in [6, 6.07) is 5.97. The van der Waals surface area contributed by atoms with Gasteiger partial charge in [-0.05, 0) is 62.3 Å². The molecule has 3 heteroatoms. The summed E-state index contributed by atoms with van der Waals surface area (Å²) in [6.45, 7) is 8.70. The van der Waals surface area contributed by atoms with Crippen LogP contribution in [0, 0.1) is 11.8 Å². The van der Waals surface area contributed by atoms with Gasteiger partial charge in [0.2, 0.25) is 0 Å². The molecule has 2 rings (SSSR count). The van der Waals surface area contributed by atoms with Crippen LogP contribution in [0.3, 0.4) is 0 Å². The van der Waals surface area contributed by atoms with Crippen molar-refractivity contribution in [2.45, 2.75) is 59.1 Å². The van der Waals surface area contributed by atoms with Crippen molar-refractivity contribution in [3.8, 4) is 5.75 Å². The topological polar surface area (TPSA) is 21.3 Å². The van der Waals surface area contributed by atoms with Crippen LogP contribution in [-0.4, -0.2) is 12.6 Å². The van der Waals surface area contributed by atoms with E-state index in [2.05, 4.69) is 26.1 Å². The predicted octanol–water partition coefficient (Wildman–Crippen LogP) is 5.04. The maximum atomic E-state index is 6.29. The SMILES string of the molecule is CCCNCc1cc(Cl)ccc1OC1CCC(C)C(C)C1. The molecule has 0 aliphatic heterocycles. The van der Waals surface area contributed by atoms with E-state index in [9.17, 15) is 0 Å². The molecule has 0 bridgehead atoms. The number of rotatable bonds is 6. The molecule has 0 saturated heterocycles. The van der Waals surface area contributed by atoms with Crippen molar-refractivity contribution >= 4 is 11.6 Å². The van der Waals surface area contributed by atoms with Crippen LogP contribution in [0.2, 0.25) is 5.02 Å². The van der Waals surface area contributed by atoms with Gasteiger partial charge in [-0.25, -0.2) is 0 Å². The van der Waals surface area contributed by atoms with Gasteiger partial charge in [-0.15, -0.1) is 0 Å². The molecule has 1 aliphatic rings. The minimum atomic E-state index is 0.349. The first-order valence-electron chi connectivity index (χ1n) is 8.26. The van der Waals surface area contributed by atoms with Crippen LogP contribution in [0.5, 0.6) is 5.75 Å². The Kier molecular flexibility index (Phi) is 6.38. The fraction of sp³-hybridized carbons (Fsp3) is 0.667. The Hall–Kier alpha value is -0.730. The zero-order chi connectivity index (χ0) is 15.2. The third-order valence-corrected chi connectivity index (χ3v) is 4.84. The molecule has 1 N–H and O–H groups in total. The lowest BCUT2D eigenvalue weighted by Crippen LogP contribution is -2.29. The van der Waals surface area contributed by atoms with E-state index in [0.717, 1.165) is 55.0 Å². The van der Waals surface area contributed by atoms with Gasteiger partial charge in [0.15, 0.2) is 0 Å². The summed E-state index contributed by atoms with van der Waals surface area (Å²) in [5.41, 5.74) is 1.17. The Labute approximate surface area is 134 Å². The average molecular weight is 310 g/mol. The molecule has 21 heavy (non-hydrogen) atoms. The molecule has 1 saturated carbocycles. The van der Waals surface area contributed by atoms with Crippen LogP contribution >= 0.6 is 11.6 Å². The molecule has 0 aromatic heterocycles. The summed E-state index contributed by atoms with van der Waals surface area (Å²) in [7, 11) is 0. The second kappa shape index (κ2) is 8.05. The Morgan fingerprint density at radius 2 is 2.05 bits per heavy atom. The summed E-state index contributed by atoms with van der Waals surface area (Å²) in [4.78, 5) is 0. The Balaban J connectivity index is 2.01. The molecule has 1 aromatic rings. The van der Waals surface area contributed by atoms with Crippen LogP contribution in [0.15, 0.2) is 18.2 Å². The maximum absolute atomic E-state index is 6.29. The third-order valence-electron chi connectivity index (χ3n) is 4.61. The van der Waals surface area contributed by atoms with Gasteiger partial charge in [-0.3, -0.25) is 0 Å². The summed E-state index contributed by atoms with van der Waals surface area (Å²) in [5, 5.41) is 4.21. The number of hydrogen-bond donors (Lipinski definition) is 1. The summed E-state index contributed by atoms with van der Waals surface area (Å²) < 4.78 is 6.29. The van der Waals surface area contributed by atoms with E-state index in [1.807, 2.05) is 18.2 Å². The Bertz CT molecular complexity index is 449. The lowest BCUT2D eigenvalue weighted by atomic mass is 9.80. The molecule has 3 unspecified atom stereocenters. The van der Waals surface area contributed by atoms with Crippen molar-refractivity contribution in [2.75, 3.05) is 6.54 Å². The van der Waals surface area contributed by atoms with Gasteiger partial charge in [-0.1, -0.05) is 32.4 Å². The van der Waals surface area contributed by atoms with Gasteiger partial charge in [0.1, 0.15) is 5.75 Å². The van der Waals surface area contributed by atoms with Crippen molar-refractivity contribution in [2.24, 2.45) is 11.8 Å². The van der Waals surface area contributed by atoms with Gasteiger partial charge in [0.05, 0.1) is 6.10 Å². The van der Waals surface area contributed by atoms with Gasteiger partial charge >= 0.3 is 0 Å². The van der Waals surface area contributed by atoms with Gasteiger partial charge in [0.25, 0.3) is 0 Å². The molecular formula is C18H28ClNO. The highest BCUT2D eigenvalue weighted by molar-refractivity contribution is 6.30. The summed E-state index contributed by atoms with van der Waals surface area (Å²) in [5.74, 6) is 2.56. The quantitative estimate of drug-likeness (QED) is 0.743. The molecule has 1 fully saturated rings. The zero-order valence-corrected chi connectivity index (χ0v) is 14.2. The highest BCUT2D eigenvalue weighted by Gasteiger charge is 2.26. The summed E-state index contributed by atoms with van der Waals surface area (Å²) in [6.07, 6.45) is 5.07. The molecule has 0 amide bonds. The third kappa shape index (κ3) is 4.89. The standard InChI is InChI=1S/C18H28ClNO/c1-4-9-20-12-15-11-16(19)6-8-18(15)21-17-7-5-13(2)14(3)10-17/h6,8,11,13-14,17,20H,4-5,7,9-10,12H2,1-3H3. The monoisotopic (exact) mass is 309 g/mol. The smallest absolute Gasteiger partial charge is 0.124 e. The first-order chi connectivity index (χ1) is 10.1. The normalized spacial score (nSPS) is 25.8. The van der Waals surface area contributed by atoms with E-state index in [1.54, 1.807) is 0 Å². The molecule has 2 nitrogen and oxygen atoms in total. The second-order valence-electron chi connectivity index (χ2n) is 6.44. The molecule has 3 atom stereocenters. The van der Waals surface area contributed by atoms with Gasteiger partial charge < -0.3 is 10.1 Å². The fourth-order valence-corrected chi connectivity index (χ4v) is 3.18. The minimum Gasteiger partial charge on any atom is -0.490 e. The highest BCUT2D eigenvalue weighted by Crippen LogP contribution is 2.33. The number of halogens is 1. The van der Waals surface area contributed by atoms with Crippen LogP contribution in [-0.2, 0) is 6.54 Å². The first-order valence-corrected chi connectivity index (χ1v) is 8.63. The molecular weight excluding hydrogens is 282 g/mol. The van der Waals surface area contributed by atoms with Crippen LogP contribution in [0.25, 0.3) is 0 Å². The van der Waals surface area contributed by atoms with Crippen molar-refractivity contribution in [1.29, 1.82) is 0 Å². The second-order valence-corrected chi connectivity index (χ2v) is 6.87. The van der Waals surface area contributed by atoms with Crippen LogP contribution in [0.1, 0.15) is 52.0 Å². The van der Waals surface area contributed by atoms with Crippen molar-refractivity contribution in [3.05, 3.63) is 28.8 Å². The number of benzene rings is 1. The number of ether oxygens (including phenoxy) is 1. The largest absolute Gasteiger partial charge is 0.490 e. The lowest BCUT2D eigenvalue weighted by Gasteiger charge is -2.32. The molecule has 118 valence electrons. The molecule has 0 radical (unpaired) electrons. The highest BCUT2D eigenvalue weighted by atomic mass is 35.5. The number of nitrogens with one attached hydrogen (secondary N) is 1. The number of hydrogen-bond acceptors (Lipinski definition) is 2. The Morgan fingerprint density at radius 1 is 1.24 bits per heavy atom. The zero-order valence-electron chi connectivity index (χ0n) is 13.5. The van der Waals surface area contributed by atoms with Crippen LogP contribution in [0.4, 0.5) is 0 Å². The fourth-order valence-electron chi connectivity index (χ4n) is 2.99. The van der Waals surface area contributed by atoms with Gasteiger partial charge in [-0.2, -0.15) is 0 Å². The van der Waals surface area contributed by atoms with E-state index in [1.165, 1.54) is 12.0 Å². The van der Waals surface area contributed by atoms with E-state index in [-0.39, 0.29) is 0 Å². The first kappa shape index (κ1) is 16.6. The predicted molar refractivity (Wildman–Crippen MR) is 90.0 cm³/mol. The van der Waals surface area contributed by atoms with Crippen molar-refractivity contribution in [1.82, 2.24) is 5.32 Å². The van der Waals surface area contributed by atoms with Gasteiger partial charge in [0, 0.05) is 17.1 Å². The summed E-state index contributed by atoms with van der Waals surface area (Å²) >= 11 is 6.13. The van der Waals surface area contributed by atoms with Crippen molar-refractivity contribution < 1.29 is 4.74 Å². The van der Waals surface area contributed by atoms with E-state index in [0.29, 0.717) is 6.10 Å². The van der Waals surface area contributed by atoms with E-state index >= 15 is 0 Å². The minimum absolute atomic E-state index is 0.349. The molecule has 0 heterocycles. The Morgan fingerprint density at radius 3 is 2.76 bits per heavy atom. The molecule has 1 aliphatic carbocycles. The van der Waals surface area contributed by atoms with Crippen LogP contribution < -0.4 is 10.1 Å². The molecule has 0 spiro atoms. The van der Waals surface area contributed by atoms with Crippen molar-refractivity contribution in [3.63, 3.8) is 0 Å². The molecule has 1 aromatic carbocycles. The van der Waals surface area contributed by atoms with E-state index in [4.69, 9.17) is 16.3 Å². The average Bonchev–Trinajstić information content (AvgIpc) is 2.46. The van der Waals surface area contributed by atoms with E-state index < -0.39 is 0 Å². The lowest BCUT2D eigenvalue weighted by molar-refractivity contribution is 0.0996.